The Labute approximate surface area is 619 Å². The maximum absolute atomic E-state index is 6.99. The first-order valence-electron chi connectivity index (χ1n) is 45.9. The van der Waals surface area contributed by atoms with Gasteiger partial charge in [0.1, 0.15) is 0 Å². The molecule has 8 heteroatoms. The van der Waals surface area contributed by atoms with Crippen LogP contribution >= 0.6 is 0 Å². The number of hydrogen-bond donors (Lipinski definition) is 0. The van der Waals surface area contributed by atoms with Crippen LogP contribution < -0.4 is 0 Å². The fourth-order valence-electron chi connectivity index (χ4n) is 28.3. The molecule has 16 unspecified atom stereocenters. The third-order valence-electron chi connectivity index (χ3n) is 32.7. The van der Waals surface area contributed by atoms with Crippen LogP contribution in [0.2, 0.25) is 0 Å². The van der Waals surface area contributed by atoms with Crippen LogP contribution in [0, 0.1) is 107 Å². The fraction of sp³-hybridized carbons (Fsp3) is 1.00. The molecular weight excluding hydrogens is 1230 g/mol. The first-order valence-corrected chi connectivity index (χ1v) is 45.9. The van der Waals surface area contributed by atoms with Gasteiger partial charge < -0.3 is 18.9 Å². The number of rotatable bonds is 28. The number of nitrogens with zero attached hydrogens (tertiary/aromatic N) is 4. The van der Waals surface area contributed by atoms with Crippen molar-refractivity contribution in [1.29, 1.82) is 0 Å². The van der Waals surface area contributed by atoms with Crippen molar-refractivity contribution in [1.82, 2.24) is 19.6 Å². The van der Waals surface area contributed by atoms with Crippen LogP contribution in [0.3, 0.4) is 0 Å². The summed E-state index contributed by atoms with van der Waals surface area (Å²) in [5, 5.41) is 0. The molecule has 0 bridgehead atoms. The average molecular weight is 1390 g/mol. The Morgan fingerprint density at radius 3 is 0.580 bits per heavy atom. The highest BCUT2D eigenvalue weighted by molar-refractivity contribution is 5.18. The minimum Gasteiger partial charge on any atom is -0.378 e. The average Bonchev–Trinajstić information content (AvgIpc) is 0.698. The van der Waals surface area contributed by atoms with E-state index in [2.05, 4.69) is 130 Å². The summed E-state index contributed by atoms with van der Waals surface area (Å²) in [5.74, 6) is 13.3. The molecule has 0 radical (unpaired) electrons. The second-order valence-corrected chi connectivity index (χ2v) is 40.2. The molecule has 0 heterocycles. The molecule has 100 heavy (non-hydrogen) atoms. The maximum atomic E-state index is 6.99. The molecule has 0 aromatic rings. The van der Waals surface area contributed by atoms with Gasteiger partial charge in [-0.1, -0.05) is 136 Å². The quantitative estimate of drug-likeness (QED) is 0.0719. The van der Waals surface area contributed by atoms with Gasteiger partial charge in [0.25, 0.3) is 0 Å². The maximum Gasteiger partial charge on any atom is 0.0581 e. The Balaban J connectivity index is 1.03. The minimum atomic E-state index is 0.414. The summed E-state index contributed by atoms with van der Waals surface area (Å²) in [6.45, 7) is 45.8. The predicted molar refractivity (Wildman–Crippen MR) is 421 cm³/mol. The van der Waals surface area contributed by atoms with Crippen LogP contribution in [-0.4, -0.2) is 143 Å². The highest BCUT2D eigenvalue weighted by atomic mass is 16.5. The zero-order chi connectivity index (χ0) is 70.5. The Morgan fingerprint density at radius 1 is 0.230 bits per heavy atom. The molecule has 0 amide bonds. The van der Waals surface area contributed by atoms with Gasteiger partial charge in [-0.2, -0.15) is 0 Å². The second kappa shape index (κ2) is 36.9. The molecule has 0 saturated heterocycles. The highest BCUT2D eigenvalue weighted by Crippen LogP contribution is 2.66. The largest absolute Gasteiger partial charge is 0.378 e. The summed E-state index contributed by atoms with van der Waals surface area (Å²) in [5.41, 5.74) is 0. The van der Waals surface area contributed by atoms with Crippen LogP contribution in [0.1, 0.15) is 355 Å². The molecule has 0 aliphatic heterocycles. The van der Waals surface area contributed by atoms with E-state index in [1.807, 2.05) is 0 Å². The number of hydrogen-bond acceptors (Lipinski definition) is 8. The Bertz CT molecular complexity index is 2000. The van der Waals surface area contributed by atoms with E-state index in [0.717, 1.165) is 85.6 Å². The van der Waals surface area contributed by atoms with E-state index < -0.39 is 0 Å². The lowest BCUT2D eigenvalue weighted by molar-refractivity contribution is -0.210. The van der Waals surface area contributed by atoms with Gasteiger partial charge in [-0.15, -0.1) is 0 Å². The molecule has 0 aromatic carbocycles. The Morgan fingerprint density at radius 2 is 0.410 bits per heavy atom. The first-order chi connectivity index (χ1) is 48.4. The summed E-state index contributed by atoms with van der Waals surface area (Å²) in [4.78, 5) is 14.4. The molecule has 0 N–H and O–H groups in total. The van der Waals surface area contributed by atoms with Gasteiger partial charge in [0.05, 0.1) is 24.4 Å². The third-order valence-corrected chi connectivity index (χ3v) is 32.7. The highest BCUT2D eigenvalue weighted by Gasteiger charge is 2.66. The van der Waals surface area contributed by atoms with Crippen molar-refractivity contribution in [2.24, 2.45) is 107 Å². The molecule has 8 nitrogen and oxygen atoms in total. The Kier molecular flexibility index (Phi) is 29.3. The molecular formula is C92H166N4O4. The van der Waals surface area contributed by atoms with Gasteiger partial charge in [0.2, 0.25) is 0 Å². The lowest BCUT2D eigenvalue weighted by atomic mass is 9.44. The normalized spacial score (nSPS) is 47.4. The van der Waals surface area contributed by atoms with Gasteiger partial charge >= 0.3 is 0 Å². The third kappa shape index (κ3) is 17.9. The molecule has 12 fully saturated rings. The lowest BCUT2D eigenvalue weighted by Gasteiger charge is -2.70. The van der Waals surface area contributed by atoms with Gasteiger partial charge in [-0.25, -0.2) is 0 Å². The van der Waals surface area contributed by atoms with Gasteiger partial charge in [-0.3, -0.25) is 19.6 Å². The van der Waals surface area contributed by atoms with Crippen LogP contribution in [0.5, 0.6) is 0 Å². The van der Waals surface area contributed by atoms with E-state index in [0.29, 0.717) is 144 Å². The van der Waals surface area contributed by atoms with E-state index in [4.69, 9.17) is 18.9 Å². The number of unbranched alkanes of at least 4 members (excludes halogenated alkanes) is 4. The first kappa shape index (κ1) is 79.2. The zero-order valence-electron chi connectivity index (χ0n) is 68.8. The molecule has 16 atom stereocenters. The molecule has 0 aromatic heterocycles. The van der Waals surface area contributed by atoms with E-state index in [1.165, 1.54) is 244 Å². The van der Waals surface area contributed by atoms with Gasteiger partial charge in [0.15, 0.2) is 0 Å². The number of ether oxygens (including phenoxy) is 4. The molecule has 12 aliphatic rings. The molecule has 12 saturated carbocycles. The van der Waals surface area contributed by atoms with Crippen molar-refractivity contribution >= 4 is 0 Å². The van der Waals surface area contributed by atoms with Crippen molar-refractivity contribution in [2.75, 3.05) is 26.4 Å². The summed E-state index contributed by atoms with van der Waals surface area (Å²) < 4.78 is 27.9. The van der Waals surface area contributed by atoms with Gasteiger partial charge in [0, 0.05) is 98.9 Å². The summed E-state index contributed by atoms with van der Waals surface area (Å²) in [6.07, 6.45) is 53.0. The lowest BCUT2D eigenvalue weighted by Crippen LogP contribution is -2.73. The van der Waals surface area contributed by atoms with Crippen molar-refractivity contribution in [3.63, 3.8) is 0 Å². The van der Waals surface area contributed by atoms with E-state index in [-0.39, 0.29) is 0 Å². The van der Waals surface area contributed by atoms with Crippen LogP contribution in [0.4, 0.5) is 0 Å². The van der Waals surface area contributed by atoms with Crippen molar-refractivity contribution in [2.45, 2.75) is 452 Å². The van der Waals surface area contributed by atoms with E-state index in [1.54, 1.807) is 0 Å². The molecule has 0 spiro atoms. The fourth-order valence-corrected chi connectivity index (χ4v) is 28.3. The van der Waals surface area contributed by atoms with Crippen LogP contribution in [0.15, 0.2) is 0 Å². The van der Waals surface area contributed by atoms with Crippen LogP contribution in [-0.2, 0) is 18.9 Å². The summed E-state index contributed by atoms with van der Waals surface area (Å²) in [7, 11) is 0. The van der Waals surface area contributed by atoms with E-state index >= 15 is 0 Å². The standard InChI is InChI=1S/C92H166N4O4/c1-17-21-45-97-75-49-63(9)89(64(10)50-75)93(71-33-25-59(5)26-34-71)83-57-84(94(72-35-27-60(6)28-36-72)90-65(11)51-76(52-66(90)12)98-46-22-18-2)80-43-44-82-86(96(74-39-31-62(8)32-40-74)92-69(15)55-78(56-70(92)16)100-48-24-20-4)58-85(81-42-41-79(83)87(80)88(81)82)95(73-37-29-61(7)30-38-73)91-67(13)53-77(54-68(91)14)99-47-23-19-3/h59-92H,17-58H2,1-16H3. The van der Waals surface area contributed by atoms with E-state index in [9.17, 15) is 0 Å². The summed E-state index contributed by atoms with van der Waals surface area (Å²) in [6, 6.07) is 7.95. The SMILES string of the molecule is CCCCOC1CC(C)C(N(C2CCC(C)CC2)C2CC(N(C3CCC(C)CC3)C3C(C)CC(OCCCC)CC3C)C3CCC4C5C(CCC2C35)C(N(C2CCC(C)CC2)C2C(C)CC(OCCCC)CC2C)CC4N(C2CCC(C)CC2)C2C(C)CC(OCCCC)CC2C)C(C)C1. The molecule has 578 valence electrons. The van der Waals surface area contributed by atoms with Crippen LogP contribution in [0.25, 0.3) is 0 Å². The van der Waals surface area contributed by atoms with Crippen molar-refractivity contribution < 1.29 is 18.9 Å². The van der Waals surface area contributed by atoms with Gasteiger partial charge in [-0.05, 0) is 325 Å². The molecule has 12 rings (SSSR count). The summed E-state index contributed by atoms with van der Waals surface area (Å²) >= 11 is 0. The smallest absolute Gasteiger partial charge is 0.0581 e. The second-order valence-electron chi connectivity index (χ2n) is 40.2. The monoisotopic (exact) mass is 1390 g/mol. The van der Waals surface area contributed by atoms with Crippen molar-refractivity contribution in [3.05, 3.63) is 0 Å². The Hall–Kier alpha value is -0.320. The topological polar surface area (TPSA) is 49.9 Å². The van der Waals surface area contributed by atoms with Crippen molar-refractivity contribution in [3.8, 4) is 0 Å². The molecule has 12 aliphatic carbocycles. The minimum absolute atomic E-state index is 0.414. The predicted octanol–water partition coefficient (Wildman–Crippen LogP) is 22.6. The zero-order valence-corrected chi connectivity index (χ0v) is 68.8.